The van der Waals surface area contributed by atoms with Gasteiger partial charge in [-0.2, -0.15) is 0 Å². The minimum Gasteiger partial charge on any atom is -0.497 e. The van der Waals surface area contributed by atoms with Gasteiger partial charge < -0.3 is 19.3 Å². The van der Waals surface area contributed by atoms with E-state index in [9.17, 15) is 0 Å². The van der Waals surface area contributed by atoms with Gasteiger partial charge in [-0.25, -0.2) is 0 Å². The predicted octanol–water partition coefficient (Wildman–Crippen LogP) is 3.15. The fourth-order valence-electron chi connectivity index (χ4n) is 1.77. The third kappa shape index (κ3) is 4.79. The molecule has 5 heteroatoms. The van der Waals surface area contributed by atoms with E-state index in [1.807, 2.05) is 18.2 Å². The molecule has 0 atom stereocenters. The molecule has 0 saturated carbocycles. The molecular formula is C16H22N2O3. The lowest BCUT2D eigenvalue weighted by Crippen LogP contribution is -2.35. The normalized spacial score (nSPS) is 11.4. The number of aromatic nitrogens is 1. The zero-order valence-corrected chi connectivity index (χ0v) is 13.0. The van der Waals surface area contributed by atoms with Crippen molar-refractivity contribution in [2.24, 2.45) is 0 Å². The highest BCUT2D eigenvalue weighted by Gasteiger charge is 2.12. The lowest BCUT2D eigenvalue weighted by Gasteiger charge is -2.21. The first-order valence-corrected chi connectivity index (χ1v) is 6.92. The number of rotatable bonds is 6. The Hall–Kier alpha value is -2.01. The molecule has 0 radical (unpaired) electrons. The van der Waals surface area contributed by atoms with Crippen molar-refractivity contribution in [3.05, 3.63) is 41.8 Å². The molecular weight excluding hydrogens is 268 g/mol. The minimum absolute atomic E-state index is 0.0438. The summed E-state index contributed by atoms with van der Waals surface area (Å²) in [4.78, 5) is 0. The van der Waals surface area contributed by atoms with Crippen molar-refractivity contribution in [2.75, 3.05) is 7.11 Å². The largest absolute Gasteiger partial charge is 0.497 e. The van der Waals surface area contributed by atoms with Crippen LogP contribution in [0.2, 0.25) is 0 Å². The zero-order valence-electron chi connectivity index (χ0n) is 13.0. The Bertz CT molecular complexity index is 559. The van der Waals surface area contributed by atoms with Crippen LogP contribution in [-0.2, 0) is 13.2 Å². The third-order valence-corrected chi connectivity index (χ3v) is 2.94. The van der Waals surface area contributed by atoms with Crippen LogP contribution in [0.4, 0.5) is 0 Å². The first kappa shape index (κ1) is 15.4. The van der Waals surface area contributed by atoms with Crippen LogP contribution in [0.25, 0.3) is 0 Å². The summed E-state index contributed by atoms with van der Waals surface area (Å²) >= 11 is 0. The van der Waals surface area contributed by atoms with Crippen LogP contribution >= 0.6 is 0 Å². The van der Waals surface area contributed by atoms with Crippen molar-refractivity contribution in [3.8, 4) is 11.5 Å². The number of hydrogen-bond donors (Lipinski definition) is 1. The topological polar surface area (TPSA) is 56.5 Å². The molecule has 1 aromatic carbocycles. The Morgan fingerprint density at radius 1 is 1.24 bits per heavy atom. The standard InChI is InChI=1S/C16H22N2O3/c1-16(2,3)17-10-12-5-6-13(19-4)9-15(12)20-11-14-7-8-18-21-14/h5-9,17H,10-11H2,1-4H3. The van der Waals surface area contributed by atoms with Crippen LogP contribution in [0.3, 0.4) is 0 Å². The molecule has 0 aliphatic carbocycles. The zero-order chi connectivity index (χ0) is 15.3. The highest BCUT2D eigenvalue weighted by atomic mass is 16.5. The summed E-state index contributed by atoms with van der Waals surface area (Å²) < 4.78 is 16.1. The lowest BCUT2D eigenvalue weighted by molar-refractivity contribution is 0.245. The summed E-state index contributed by atoms with van der Waals surface area (Å²) in [6.45, 7) is 7.46. The molecule has 0 fully saturated rings. The molecule has 1 heterocycles. The van der Waals surface area contributed by atoms with Crippen molar-refractivity contribution in [3.63, 3.8) is 0 Å². The van der Waals surface area contributed by atoms with E-state index in [1.54, 1.807) is 19.4 Å². The van der Waals surface area contributed by atoms with E-state index in [2.05, 4.69) is 31.2 Å². The van der Waals surface area contributed by atoms with E-state index in [0.717, 1.165) is 23.6 Å². The molecule has 21 heavy (non-hydrogen) atoms. The Balaban J connectivity index is 2.11. The molecule has 1 aromatic heterocycles. The second-order valence-corrected chi connectivity index (χ2v) is 5.84. The summed E-state index contributed by atoms with van der Waals surface area (Å²) in [5, 5.41) is 7.12. The summed E-state index contributed by atoms with van der Waals surface area (Å²) in [7, 11) is 1.64. The second kappa shape index (κ2) is 6.63. The number of nitrogens with zero attached hydrogens (tertiary/aromatic N) is 1. The van der Waals surface area contributed by atoms with Gasteiger partial charge in [0, 0.05) is 29.8 Å². The smallest absolute Gasteiger partial charge is 0.174 e. The van der Waals surface area contributed by atoms with Gasteiger partial charge in [-0.1, -0.05) is 11.2 Å². The quantitative estimate of drug-likeness (QED) is 0.885. The Kier molecular flexibility index (Phi) is 4.85. The molecule has 5 nitrogen and oxygen atoms in total. The van der Waals surface area contributed by atoms with Crippen LogP contribution in [0, 0.1) is 0 Å². The second-order valence-electron chi connectivity index (χ2n) is 5.84. The summed E-state index contributed by atoms with van der Waals surface area (Å²) in [5.74, 6) is 2.23. The summed E-state index contributed by atoms with van der Waals surface area (Å²) in [6.07, 6.45) is 1.60. The lowest BCUT2D eigenvalue weighted by atomic mass is 10.1. The number of nitrogens with one attached hydrogen (secondary N) is 1. The molecule has 2 rings (SSSR count). The van der Waals surface area contributed by atoms with Crippen LogP contribution in [0.5, 0.6) is 11.5 Å². The Morgan fingerprint density at radius 3 is 2.67 bits per heavy atom. The van der Waals surface area contributed by atoms with Gasteiger partial charge in [0.1, 0.15) is 18.1 Å². The maximum Gasteiger partial charge on any atom is 0.174 e. The number of benzene rings is 1. The number of hydrogen-bond acceptors (Lipinski definition) is 5. The summed E-state index contributed by atoms with van der Waals surface area (Å²) in [6, 6.07) is 7.61. The molecule has 0 amide bonds. The molecule has 0 saturated heterocycles. The molecule has 0 unspecified atom stereocenters. The van der Waals surface area contributed by atoms with Crippen molar-refractivity contribution >= 4 is 0 Å². The van der Waals surface area contributed by atoms with Gasteiger partial charge in [-0.05, 0) is 26.8 Å². The molecule has 2 aromatic rings. The Morgan fingerprint density at radius 2 is 2.05 bits per heavy atom. The van der Waals surface area contributed by atoms with Gasteiger partial charge in [-0.15, -0.1) is 0 Å². The van der Waals surface area contributed by atoms with Gasteiger partial charge in [0.05, 0.1) is 13.3 Å². The molecule has 0 bridgehead atoms. The number of ether oxygens (including phenoxy) is 2. The molecule has 0 spiro atoms. The van der Waals surface area contributed by atoms with Crippen LogP contribution in [0.15, 0.2) is 35.0 Å². The van der Waals surface area contributed by atoms with Crippen molar-refractivity contribution in [2.45, 2.75) is 39.5 Å². The van der Waals surface area contributed by atoms with E-state index in [4.69, 9.17) is 14.0 Å². The monoisotopic (exact) mass is 290 g/mol. The molecule has 0 aliphatic rings. The van der Waals surface area contributed by atoms with Gasteiger partial charge >= 0.3 is 0 Å². The maximum atomic E-state index is 5.84. The first-order chi connectivity index (χ1) is 9.98. The van der Waals surface area contributed by atoms with E-state index < -0.39 is 0 Å². The van der Waals surface area contributed by atoms with E-state index in [0.29, 0.717) is 12.4 Å². The van der Waals surface area contributed by atoms with Crippen molar-refractivity contribution < 1.29 is 14.0 Å². The van der Waals surface area contributed by atoms with Gasteiger partial charge in [0.2, 0.25) is 0 Å². The van der Waals surface area contributed by atoms with Crippen LogP contribution < -0.4 is 14.8 Å². The van der Waals surface area contributed by atoms with Crippen LogP contribution in [0.1, 0.15) is 32.1 Å². The molecule has 0 aliphatic heterocycles. The minimum atomic E-state index is 0.0438. The van der Waals surface area contributed by atoms with E-state index >= 15 is 0 Å². The van der Waals surface area contributed by atoms with Gasteiger partial charge in [-0.3, -0.25) is 0 Å². The highest BCUT2D eigenvalue weighted by Crippen LogP contribution is 2.26. The average Bonchev–Trinajstić information content (AvgIpc) is 2.95. The third-order valence-electron chi connectivity index (χ3n) is 2.94. The van der Waals surface area contributed by atoms with Gasteiger partial charge in [0.25, 0.3) is 0 Å². The summed E-state index contributed by atoms with van der Waals surface area (Å²) in [5.41, 5.74) is 1.12. The van der Waals surface area contributed by atoms with E-state index in [1.165, 1.54) is 0 Å². The molecule has 114 valence electrons. The van der Waals surface area contributed by atoms with E-state index in [-0.39, 0.29) is 5.54 Å². The SMILES string of the molecule is COc1ccc(CNC(C)(C)C)c(OCc2ccno2)c1. The Labute approximate surface area is 125 Å². The average molecular weight is 290 g/mol. The van der Waals surface area contributed by atoms with Crippen molar-refractivity contribution in [1.29, 1.82) is 0 Å². The fourth-order valence-corrected chi connectivity index (χ4v) is 1.77. The predicted molar refractivity (Wildman–Crippen MR) is 80.4 cm³/mol. The number of methoxy groups -OCH3 is 1. The van der Waals surface area contributed by atoms with Gasteiger partial charge in [0.15, 0.2) is 5.76 Å². The van der Waals surface area contributed by atoms with Crippen molar-refractivity contribution in [1.82, 2.24) is 10.5 Å². The molecule has 1 N–H and O–H groups in total. The maximum absolute atomic E-state index is 5.84. The fraction of sp³-hybridized carbons (Fsp3) is 0.438. The highest BCUT2D eigenvalue weighted by molar-refractivity contribution is 5.40. The first-order valence-electron chi connectivity index (χ1n) is 6.92. The van der Waals surface area contributed by atoms with Crippen LogP contribution in [-0.4, -0.2) is 17.8 Å².